The van der Waals surface area contributed by atoms with Gasteiger partial charge in [-0.1, -0.05) is 19.8 Å². The molecule has 0 aliphatic carbocycles. The smallest absolute Gasteiger partial charge is 0.338 e. The number of unbranched alkanes of at least 4 members (excludes halogenated alkanes) is 1. The van der Waals surface area contributed by atoms with Crippen molar-refractivity contribution in [2.24, 2.45) is 5.73 Å². The topological polar surface area (TPSA) is 44.5 Å². The molecule has 0 heterocycles. The molecule has 0 saturated heterocycles. The Balaban J connectivity index is 3.72. The van der Waals surface area contributed by atoms with E-state index in [9.17, 15) is 0 Å². The third kappa shape index (κ3) is 6.21. The molecule has 0 aliphatic rings. The van der Waals surface area contributed by atoms with Crippen LogP contribution in [0.4, 0.5) is 0 Å². The molecule has 0 aromatic carbocycles. The minimum atomic E-state index is -1.58. The third-order valence-corrected chi connectivity index (χ3v) is 4.26. The van der Waals surface area contributed by atoms with Gasteiger partial charge in [0.25, 0.3) is 0 Å². The van der Waals surface area contributed by atoms with Crippen molar-refractivity contribution in [3.63, 3.8) is 0 Å². The summed E-state index contributed by atoms with van der Waals surface area (Å²) in [6.07, 6.45) is 3.39. The van der Waals surface area contributed by atoms with E-state index in [0.717, 1.165) is 19.6 Å². The zero-order chi connectivity index (χ0) is 10.1. The van der Waals surface area contributed by atoms with Crippen molar-refractivity contribution in [1.82, 2.24) is 0 Å². The Hall–Kier alpha value is 0.0969. The van der Waals surface area contributed by atoms with Gasteiger partial charge in [0, 0.05) is 18.9 Å². The fourth-order valence-electron chi connectivity index (χ4n) is 1.20. The first-order chi connectivity index (χ1) is 6.26. The van der Waals surface area contributed by atoms with Crippen molar-refractivity contribution in [3.05, 3.63) is 0 Å². The molecule has 1 unspecified atom stereocenters. The second kappa shape index (κ2) is 8.68. The van der Waals surface area contributed by atoms with Crippen LogP contribution in [0.5, 0.6) is 0 Å². The molecule has 2 N–H and O–H groups in total. The molecular weight excluding hydrogens is 182 g/mol. The van der Waals surface area contributed by atoms with Crippen molar-refractivity contribution >= 4 is 9.28 Å². The number of hydrogen-bond donors (Lipinski definition) is 1. The fraction of sp³-hybridized carbons (Fsp3) is 1.00. The number of hydrogen-bond acceptors (Lipinski definition) is 3. The van der Waals surface area contributed by atoms with E-state index in [0.29, 0.717) is 0 Å². The Morgan fingerprint density at radius 2 is 1.69 bits per heavy atom. The molecule has 0 radical (unpaired) electrons. The summed E-state index contributed by atoms with van der Waals surface area (Å²) in [6.45, 7) is 7.59. The highest BCUT2D eigenvalue weighted by atomic mass is 28.3. The van der Waals surface area contributed by atoms with Gasteiger partial charge in [-0.15, -0.1) is 0 Å². The summed E-state index contributed by atoms with van der Waals surface area (Å²) in [5.41, 5.74) is 6.14. The fourth-order valence-corrected chi connectivity index (χ4v) is 2.96. The average molecular weight is 205 g/mol. The summed E-state index contributed by atoms with van der Waals surface area (Å²) in [5.74, 6) is 0. The first kappa shape index (κ1) is 13.1. The monoisotopic (exact) mass is 205 g/mol. The molecule has 4 heteroatoms. The molecule has 0 spiro atoms. The summed E-state index contributed by atoms with van der Waals surface area (Å²) in [6, 6.07) is 0. The maximum Gasteiger partial charge on any atom is 0.338 e. The molecule has 3 nitrogen and oxygen atoms in total. The predicted octanol–water partition coefficient (Wildman–Crippen LogP) is 1.34. The van der Waals surface area contributed by atoms with Gasteiger partial charge in [0.15, 0.2) is 0 Å². The van der Waals surface area contributed by atoms with E-state index >= 15 is 0 Å². The van der Waals surface area contributed by atoms with Gasteiger partial charge in [0.05, 0.1) is 0 Å². The molecule has 0 aromatic rings. The lowest BCUT2D eigenvalue weighted by Gasteiger charge is -2.20. The SMILES string of the molecule is CCCCC(N)[SiH](OCC)OCC. The van der Waals surface area contributed by atoms with Crippen LogP contribution >= 0.6 is 0 Å². The molecular formula is C9H23NO2Si. The quantitative estimate of drug-likeness (QED) is 0.608. The van der Waals surface area contributed by atoms with Gasteiger partial charge >= 0.3 is 9.28 Å². The van der Waals surface area contributed by atoms with Crippen LogP contribution < -0.4 is 5.73 Å². The Labute approximate surface area is 83.5 Å². The second-order valence-corrected chi connectivity index (χ2v) is 5.34. The summed E-state index contributed by atoms with van der Waals surface area (Å²) in [7, 11) is -1.58. The molecule has 1 atom stereocenters. The number of rotatable bonds is 8. The van der Waals surface area contributed by atoms with E-state index in [1.54, 1.807) is 0 Å². The molecule has 13 heavy (non-hydrogen) atoms. The standard InChI is InChI=1S/C9H23NO2Si/c1-4-7-8-9(10)13(11-5-2)12-6-3/h9,13H,4-8,10H2,1-3H3. The Bertz CT molecular complexity index is 108. The van der Waals surface area contributed by atoms with E-state index < -0.39 is 9.28 Å². The van der Waals surface area contributed by atoms with Gasteiger partial charge in [-0.2, -0.15) is 0 Å². The van der Waals surface area contributed by atoms with E-state index in [-0.39, 0.29) is 5.67 Å². The first-order valence-electron chi connectivity index (χ1n) is 5.24. The van der Waals surface area contributed by atoms with Crippen LogP contribution in [0.25, 0.3) is 0 Å². The third-order valence-electron chi connectivity index (χ3n) is 1.90. The summed E-state index contributed by atoms with van der Waals surface area (Å²) < 4.78 is 11.1. The largest absolute Gasteiger partial charge is 0.396 e. The van der Waals surface area contributed by atoms with Gasteiger partial charge in [-0.05, 0) is 20.3 Å². The number of nitrogens with two attached hydrogens (primary N) is 1. The zero-order valence-corrected chi connectivity index (χ0v) is 10.2. The Kier molecular flexibility index (Phi) is 8.75. The van der Waals surface area contributed by atoms with Crippen LogP contribution in [0.2, 0.25) is 0 Å². The van der Waals surface area contributed by atoms with Gasteiger partial charge in [-0.3, -0.25) is 0 Å². The van der Waals surface area contributed by atoms with Crippen LogP contribution in [-0.4, -0.2) is 28.2 Å². The maximum absolute atomic E-state index is 5.99. The van der Waals surface area contributed by atoms with Crippen molar-refractivity contribution in [1.29, 1.82) is 0 Å². The van der Waals surface area contributed by atoms with Crippen molar-refractivity contribution in [3.8, 4) is 0 Å². The van der Waals surface area contributed by atoms with Crippen LogP contribution in [0.3, 0.4) is 0 Å². The average Bonchev–Trinajstić information content (AvgIpc) is 2.14. The van der Waals surface area contributed by atoms with Crippen molar-refractivity contribution < 1.29 is 8.85 Å². The lowest BCUT2D eigenvalue weighted by molar-refractivity contribution is 0.203. The summed E-state index contributed by atoms with van der Waals surface area (Å²) in [4.78, 5) is 0. The van der Waals surface area contributed by atoms with Gasteiger partial charge in [0.1, 0.15) is 0 Å². The van der Waals surface area contributed by atoms with Crippen molar-refractivity contribution in [2.75, 3.05) is 13.2 Å². The highest BCUT2D eigenvalue weighted by Gasteiger charge is 2.21. The molecule has 0 amide bonds. The second-order valence-electron chi connectivity index (χ2n) is 3.09. The van der Waals surface area contributed by atoms with Crippen LogP contribution in [0, 0.1) is 0 Å². The zero-order valence-electron chi connectivity index (χ0n) is 9.08. The molecule has 0 rings (SSSR count). The molecule has 0 bridgehead atoms. The minimum Gasteiger partial charge on any atom is -0.396 e. The Morgan fingerprint density at radius 1 is 1.15 bits per heavy atom. The lowest BCUT2D eigenvalue weighted by atomic mass is 10.2. The molecule has 0 aromatic heterocycles. The van der Waals surface area contributed by atoms with Gasteiger partial charge in [-0.25, -0.2) is 0 Å². The molecule has 0 saturated carbocycles. The normalized spacial score (nSPS) is 13.6. The molecule has 80 valence electrons. The predicted molar refractivity (Wildman–Crippen MR) is 57.9 cm³/mol. The van der Waals surface area contributed by atoms with Crippen LogP contribution in [0.1, 0.15) is 40.0 Å². The highest BCUT2D eigenvalue weighted by molar-refractivity contribution is 6.46. The highest BCUT2D eigenvalue weighted by Crippen LogP contribution is 2.04. The van der Waals surface area contributed by atoms with Gasteiger partial charge in [0.2, 0.25) is 0 Å². The van der Waals surface area contributed by atoms with Crippen molar-refractivity contribution in [2.45, 2.75) is 45.7 Å². The van der Waals surface area contributed by atoms with E-state index in [2.05, 4.69) is 6.92 Å². The minimum absolute atomic E-state index is 0.153. The molecule has 0 fully saturated rings. The van der Waals surface area contributed by atoms with E-state index in [4.69, 9.17) is 14.6 Å². The maximum atomic E-state index is 5.99. The van der Waals surface area contributed by atoms with Crippen LogP contribution in [0.15, 0.2) is 0 Å². The summed E-state index contributed by atoms with van der Waals surface area (Å²) >= 11 is 0. The van der Waals surface area contributed by atoms with E-state index in [1.807, 2.05) is 13.8 Å². The van der Waals surface area contributed by atoms with Gasteiger partial charge < -0.3 is 14.6 Å². The first-order valence-corrected chi connectivity index (χ1v) is 6.85. The Morgan fingerprint density at radius 3 is 2.08 bits per heavy atom. The summed E-state index contributed by atoms with van der Waals surface area (Å²) in [5, 5.41) is 0. The lowest BCUT2D eigenvalue weighted by Crippen LogP contribution is -2.43. The molecule has 0 aliphatic heterocycles. The van der Waals surface area contributed by atoms with Crippen LogP contribution in [-0.2, 0) is 8.85 Å². The van der Waals surface area contributed by atoms with E-state index in [1.165, 1.54) is 12.8 Å².